The van der Waals surface area contributed by atoms with Crippen molar-refractivity contribution >= 4 is 46.7 Å². The van der Waals surface area contributed by atoms with E-state index in [4.69, 9.17) is 5.11 Å². The molecule has 2 N–H and O–H groups in total. The fourth-order valence-corrected chi connectivity index (χ4v) is 6.69. The molecule has 6 atom stereocenters. The molecule has 1 saturated heterocycles. The fraction of sp³-hybridized carbons (Fsp3) is 0.647. The quantitative estimate of drug-likeness (QED) is 0.174. The van der Waals surface area contributed by atoms with Crippen molar-refractivity contribution in [3.8, 4) is 0 Å². The molecule has 0 bridgehead atoms. The highest BCUT2D eigenvalue weighted by molar-refractivity contribution is 6.38. The van der Waals surface area contributed by atoms with Crippen molar-refractivity contribution in [3.05, 3.63) is 24.3 Å². The second-order valence-electron chi connectivity index (χ2n) is 13.3. The SMILES string of the molecule is CCCC(CC(=O)C1[C@H]2CCC(=O)[C@H]2CN1C(=O)[C@@H](NC(=O)[C@H](CC(=O)c1cnccn1)C(C)C)C(C)C)C(=O)C(=O)CCC(=O)O. The normalized spacial score (nSPS) is 20.9. The molecule has 256 valence electrons. The van der Waals surface area contributed by atoms with Crippen LogP contribution in [0.25, 0.3) is 0 Å². The predicted octanol–water partition coefficient (Wildman–Crippen LogP) is 2.65. The highest BCUT2D eigenvalue weighted by atomic mass is 16.4. The van der Waals surface area contributed by atoms with Gasteiger partial charge in [0.25, 0.3) is 0 Å². The van der Waals surface area contributed by atoms with Crippen molar-refractivity contribution in [2.45, 2.75) is 98.1 Å². The highest BCUT2D eigenvalue weighted by Gasteiger charge is 2.54. The molecule has 1 aromatic rings. The molecule has 3 rings (SSSR count). The Morgan fingerprint density at radius 3 is 2.28 bits per heavy atom. The Kier molecular flexibility index (Phi) is 13.2. The zero-order valence-corrected chi connectivity index (χ0v) is 27.8. The van der Waals surface area contributed by atoms with Gasteiger partial charge < -0.3 is 15.3 Å². The molecule has 1 aromatic heterocycles. The Hall–Kier alpha value is -4.16. The lowest BCUT2D eigenvalue weighted by Gasteiger charge is -2.33. The van der Waals surface area contributed by atoms with Gasteiger partial charge in [0.05, 0.1) is 18.7 Å². The molecular formula is C34H46N4O9. The van der Waals surface area contributed by atoms with E-state index >= 15 is 0 Å². The molecule has 13 nitrogen and oxygen atoms in total. The van der Waals surface area contributed by atoms with Crippen LogP contribution >= 0.6 is 0 Å². The molecule has 1 aliphatic carbocycles. The molecule has 0 aromatic carbocycles. The molecule has 47 heavy (non-hydrogen) atoms. The van der Waals surface area contributed by atoms with Crippen molar-refractivity contribution in [2.75, 3.05) is 6.54 Å². The Labute approximate surface area is 274 Å². The Balaban J connectivity index is 1.83. The van der Waals surface area contributed by atoms with Gasteiger partial charge in [-0.2, -0.15) is 0 Å². The predicted molar refractivity (Wildman–Crippen MR) is 168 cm³/mol. The summed E-state index contributed by atoms with van der Waals surface area (Å²) in [5.74, 6) is -8.21. The Morgan fingerprint density at radius 1 is 1.00 bits per heavy atom. The van der Waals surface area contributed by atoms with Gasteiger partial charge in [0.15, 0.2) is 17.3 Å². The third-order valence-electron chi connectivity index (χ3n) is 9.32. The second kappa shape index (κ2) is 16.6. The van der Waals surface area contributed by atoms with E-state index in [9.17, 15) is 38.4 Å². The van der Waals surface area contributed by atoms with Gasteiger partial charge in [-0.3, -0.25) is 43.3 Å². The summed E-state index contributed by atoms with van der Waals surface area (Å²) in [4.78, 5) is 113. The standard InChI is InChI=1S/C34H46N4O9/c1-6-7-20(32(45)26(40)10-11-29(43)44)14-28(42)31-21-8-9-25(39)23(21)17-38(31)34(47)30(19(4)5)37-33(46)22(18(2)3)15-27(41)24-16-35-12-13-36-24/h12-13,16,18-23,30-31H,6-11,14-15,17H2,1-5H3,(H,37,46)(H,43,44)/t20?,21-,22+,23-,30-,31?/m0/s1. The number of likely N-dealkylation sites (tertiary alicyclic amines) is 1. The Bertz CT molecular complexity index is 1380. The van der Waals surface area contributed by atoms with Crippen LogP contribution in [0.3, 0.4) is 0 Å². The summed E-state index contributed by atoms with van der Waals surface area (Å²) < 4.78 is 0. The molecular weight excluding hydrogens is 608 g/mol. The molecule has 2 aliphatic rings. The van der Waals surface area contributed by atoms with E-state index in [1.807, 2.05) is 0 Å². The number of hydrogen-bond acceptors (Lipinski definition) is 10. The largest absolute Gasteiger partial charge is 0.481 e. The molecule has 2 unspecified atom stereocenters. The van der Waals surface area contributed by atoms with Crippen LogP contribution in [-0.2, 0) is 33.6 Å². The molecule has 1 aliphatic heterocycles. The maximum Gasteiger partial charge on any atom is 0.303 e. The molecule has 1 saturated carbocycles. The number of hydrogen-bond donors (Lipinski definition) is 2. The number of rotatable bonds is 18. The third kappa shape index (κ3) is 9.23. The summed E-state index contributed by atoms with van der Waals surface area (Å²) in [6.45, 7) is 8.88. The number of carboxylic acid groups (broad SMARTS) is 1. The number of nitrogens with zero attached hydrogens (tertiary/aromatic N) is 3. The van der Waals surface area contributed by atoms with E-state index in [1.54, 1.807) is 34.6 Å². The van der Waals surface area contributed by atoms with Crippen LogP contribution in [0.2, 0.25) is 0 Å². The first kappa shape index (κ1) is 37.3. The van der Waals surface area contributed by atoms with Gasteiger partial charge in [-0.25, -0.2) is 4.98 Å². The Morgan fingerprint density at radius 2 is 1.70 bits per heavy atom. The van der Waals surface area contributed by atoms with Crippen molar-refractivity contribution in [1.29, 1.82) is 0 Å². The van der Waals surface area contributed by atoms with Crippen molar-refractivity contribution < 1.29 is 43.5 Å². The van der Waals surface area contributed by atoms with E-state index in [-0.39, 0.29) is 55.4 Å². The van der Waals surface area contributed by atoms with Crippen molar-refractivity contribution in [2.24, 2.45) is 35.5 Å². The third-order valence-corrected chi connectivity index (χ3v) is 9.32. The average molecular weight is 655 g/mol. The van der Waals surface area contributed by atoms with Gasteiger partial charge in [-0.15, -0.1) is 0 Å². The maximum absolute atomic E-state index is 14.2. The fourth-order valence-electron chi connectivity index (χ4n) is 6.69. The van der Waals surface area contributed by atoms with Gasteiger partial charge >= 0.3 is 5.97 Å². The van der Waals surface area contributed by atoms with Crippen LogP contribution < -0.4 is 5.32 Å². The smallest absolute Gasteiger partial charge is 0.303 e. The van der Waals surface area contributed by atoms with Crippen LogP contribution in [-0.4, -0.2) is 85.3 Å². The summed E-state index contributed by atoms with van der Waals surface area (Å²) in [7, 11) is 0. The number of aliphatic carboxylic acids is 1. The number of ketones is 5. The average Bonchev–Trinajstić information content (AvgIpc) is 3.59. The number of aromatic nitrogens is 2. The molecule has 2 amide bonds. The topological polar surface area (TPSA) is 198 Å². The van der Waals surface area contributed by atoms with Crippen LogP contribution in [0.4, 0.5) is 0 Å². The summed E-state index contributed by atoms with van der Waals surface area (Å²) in [5.41, 5.74) is 0.125. The minimum atomic E-state index is -1.21. The molecule has 13 heteroatoms. The maximum atomic E-state index is 14.2. The van der Waals surface area contributed by atoms with Crippen LogP contribution in [0.15, 0.2) is 18.6 Å². The lowest BCUT2D eigenvalue weighted by Crippen LogP contribution is -2.56. The first-order valence-electron chi connectivity index (χ1n) is 16.4. The number of Topliss-reactive ketones (excluding diaryl/α,β-unsaturated/α-hetero) is 5. The first-order valence-corrected chi connectivity index (χ1v) is 16.4. The van der Waals surface area contributed by atoms with Crippen molar-refractivity contribution in [1.82, 2.24) is 20.2 Å². The summed E-state index contributed by atoms with van der Waals surface area (Å²) in [6, 6.07) is -2.08. The van der Waals surface area contributed by atoms with Gasteiger partial charge in [0.2, 0.25) is 17.6 Å². The van der Waals surface area contributed by atoms with Gasteiger partial charge in [-0.05, 0) is 30.6 Å². The van der Waals surface area contributed by atoms with E-state index in [0.717, 1.165) is 0 Å². The minimum Gasteiger partial charge on any atom is -0.481 e. The summed E-state index contributed by atoms with van der Waals surface area (Å²) in [6.07, 6.45) is 4.09. The summed E-state index contributed by atoms with van der Waals surface area (Å²) in [5, 5.41) is 11.7. The van der Waals surface area contributed by atoms with E-state index in [0.29, 0.717) is 12.8 Å². The van der Waals surface area contributed by atoms with E-state index in [2.05, 4.69) is 15.3 Å². The number of nitrogens with one attached hydrogen (secondary N) is 1. The number of carboxylic acids is 1. The van der Waals surface area contributed by atoms with E-state index in [1.165, 1.54) is 23.5 Å². The first-order chi connectivity index (χ1) is 22.2. The minimum absolute atomic E-state index is 0.000531. The van der Waals surface area contributed by atoms with Gasteiger partial charge in [0, 0.05) is 62.4 Å². The summed E-state index contributed by atoms with van der Waals surface area (Å²) >= 11 is 0. The van der Waals surface area contributed by atoms with Crippen molar-refractivity contribution in [3.63, 3.8) is 0 Å². The zero-order chi connectivity index (χ0) is 35.0. The van der Waals surface area contributed by atoms with Gasteiger partial charge in [0.1, 0.15) is 17.5 Å². The molecule has 2 fully saturated rings. The van der Waals surface area contributed by atoms with Crippen LogP contribution in [0.1, 0.15) is 96.5 Å². The van der Waals surface area contributed by atoms with Crippen LogP contribution in [0.5, 0.6) is 0 Å². The van der Waals surface area contributed by atoms with Gasteiger partial charge in [-0.1, -0.05) is 41.0 Å². The molecule has 2 heterocycles. The lowest BCUT2D eigenvalue weighted by molar-refractivity contribution is -0.145. The number of amides is 2. The second-order valence-corrected chi connectivity index (χ2v) is 13.3. The number of fused-ring (bicyclic) bond motifs is 1. The van der Waals surface area contributed by atoms with E-state index < -0.39 is 89.6 Å². The number of carbonyl (C=O) groups is 8. The number of carbonyl (C=O) groups excluding carboxylic acids is 7. The highest BCUT2D eigenvalue weighted by Crippen LogP contribution is 2.42. The zero-order valence-electron chi connectivity index (χ0n) is 27.8. The monoisotopic (exact) mass is 654 g/mol. The lowest BCUT2D eigenvalue weighted by atomic mass is 9.84. The molecule has 0 spiro atoms. The van der Waals surface area contributed by atoms with Crippen LogP contribution in [0, 0.1) is 35.5 Å². The molecule has 0 radical (unpaired) electrons.